The summed E-state index contributed by atoms with van der Waals surface area (Å²) in [5.74, 6) is -1.15. The average Bonchev–Trinajstić information content (AvgIpc) is 2.89. The quantitative estimate of drug-likeness (QED) is 0.868. The predicted molar refractivity (Wildman–Crippen MR) is 71.4 cm³/mol. The van der Waals surface area contributed by atoms with Crippen LogP contribution in [0, 0.1) is 0 Å². The summed E-state index contributed by atoms with van der Waals surface area (Å²) in [7, 11) is -2.29. The van der Waals surface area contributed by atoms with Gasteiger partial charge in [-0.15, -0.1) is 0 Å². The van der Waals surface area contributed by atoms with E-state index in [9.17, 15) is 17.4 Å². The number of benzene rings is 1. The maximum atomic E-state index is 12.4. The Morgan fingerprint density at radius 1 is 1.29 bits per heavy atom. The van der Waals surface area contributed by atoms with Gasteiger partial charge in [0.05, 0.1) is 5.69 Å². The van der Waals surface area contributed by atoms with Crippen molar-refractivity contribution in [2.75, 3.05) is 12.0 Å². The molecule has 0 aliphatic carbocycles. The maximum Gasteiger partial charge on any atom is 0.471 e. The summed E-state index contributed by atoms with van der Waals surface area (Å²) in [6.45, 7) is 1.76. The molecule has 5 nitrogen and oxygen atoms in total. The van der Waals surface area contributed by atoms with Crippen LogP contribution in [-0.4, -0.2) is 26.4 Å². The van der Waals surface area contributed by atoms with Gasteiger partial charge in [-0.2, -0.15) is 22.5 Å². The Hall–Kier alpha value is -1.90. The van der Waals surface area contributed by atoms with Crippen LogP contribution in [0.4, 0.5) is 18.9 Å². The number of aromatic nitrogens is 2. The molecule has 1 aromatic carbocycles. The largest absolute Gasteiger partial charge is 0.471 e. The summed E-state index contributed by atoms with van der Waals surface area (Å²) in [4.78, 5) is 3.28. The van der Waals surface area contributed by atoms with Crippen molar-refractivity contribution in [3.05, 3.63) is 30.2 Å². The Morgan fingerprint density at radius 2 is 1.90 bits per heavy atom. The highest BCUT2D eigenvalue weighted by Crippen LogP contribution is 2.29. The normalized spacial score (nSPS) is 14.7. The topological polar surface area (TPSA) is 68.3 Å². The van der Waals surface area contributed by atoms with Crippen LogP contribution in [0.15, 0.2) is 33.2 Å². The number of rotatable bonds is 3. The standard InChI is InChI=1S/C12H12F3N3O2S/c1-3-21(2,19)18-9-6-4-8(5-7-9)10-16-11(20-17-10)12(13,14)15/h4-7H,3H2,1-2H3. The van der Waals surface area contributed by atoms with Crippen LogP contribution in [0.5, 0.6) is 0 Å². The fourth-order valence-electron chi connectivity index (χ4n) is 1.41. The third-order valence-electron chi connectivity index (χ3n) is 2.63. The molecule has 1 atom stereocenters. The summed E-state index contributed by atoms with van der Waals surface area (Å²) < 4.78 is 57.2. The molecule has 9 heteroatoms. The fraction of sp³-hybridized carbons (Fsp3) is 0.333. The van der Waals surface area contributed by atoms with E-state index in [-0.39, 0.29) is 5.82 Å². The molecular formula is C12H12F3N3O2S. The zero-order chi connectivity index (χ0) is 15.7. The summed E-state index contributed by atoms with van der Waals surface area (Å²) in [5.41, 5.74) is 0.833. The first kappa shape index (κ1) is 15.5. The van der Waals surface area contributed by atoms with Crippen LogP contribution in [-0.2, 0) is 15.9 Å². The number of nitrogens with zero attached hydrogens (tertiary/aromatic N) is 3. The molecule has 0 aliphatic rings. The molecule has 1 unspecified atom stereocenters. The maximum absolute atomic E-state index is 12.4. The zero-order valence-corrected chi connectivity index (χ0v) is 12.0. The zero-order valence-electron chi connectivity index (χ0n) is 11.2. The molecule has 21 heavy (non-hydrogen) atoms. The molecule has 114 valence electrons. The van der Waals surface area contributed by atoms with Crippen LogP contribution >= 0.6 is 0 Å². The first-order valence-electron chi connectivity index (χ1n) is 5.92. The van der Waals surface area contributed by atoms with Gasteiger partial charge in [-0.3, -0.25) is 0 Å². The SMILES string of the molecule is CCS(C)(=O)=Nc1ccc(-c2noc(C(F)(F)F)n2)cc1. The summed E-state index contributed by atoms with van der Waals surface area (Å²) >= 11 is 0. The second kappa shape index (κ2) is 5.47. The van der Waals surface area contributed by atoms with Gasteiger partial charge in [-0.1, -0.05) is 12.1 Å². The molecule has 0 spiro atoms. The summed E-state index contributed by atoms with van der Waals surface area (Å²) in [6.07, 6.45) is -3.13. The van der Waals surface area contributed by atoms with E-state index in [0.717, 1.165) is 0 Å². The number of halogens is 3. The first-order valence-corrected chi connectivity index (χ1v) is 8.02. The van der Waals surface area contributed by atoms with Gasteiger partial charge in [-0.25, -0.2) is 4.21 Å². The van der Waals surface area contributed by atoms with Gasteiger partial charge in [0.2, 0.25) is 5.82 Å². The molecule has 2 rings (SSSR count). The fourth-order valence-corrected chi connectivity index (χ4v) is 2.11. The lowest BCUT2D eigenvalue weighted by molar-refractivity contribution is -0.159. The van der Waals surface area contributed by atoms with Gasteiger partial charge in [0.15, 0.2) is 0 Å². The van der Waals surface area contributed by atoms with Crippen LogP contribution in [0.25, 0.3) is 11.4 Å². The van der Waals surface area contributed by atoms with Gasteiger partial charge < -0.3 is 4.52 Å². The number of hydrogen-bond acceptors (Lipinski definition) is 5. The molecule has 0 bridgehead atoms. The van der Waals surface area contributed by atoms with Crippen LogP contribution in [0.1, 0.15) is 12.8 Å². The van der Waals surface area contributed by atoms with E-state index in [4.69, 9.17) is 0 Å². The summed E-state index contributed by atoms with van der Waals surface area (Å²) in [6, 6.07) is 6.07. The van der Waals surface area contributed by atoms with Gasteiger partial charge in [0.25, 0.3) is 0 Å². The Morgan fingerprint density at radius 3 is 2.38 bits per heavy atom. The molecule has 0 N–H and O–H groups in total. The molecule has 0 radical (unpaired) electrons. The Balaban J connectivity index is 2.30. The van der Waals surface area contributed by atoms with E-state index >= 15 is 0 Å². The highest BCUT2D eigenvalue weighted by Gasteiger charge is 2.38. The Bertz CT molecular complexity index is 744. The van der Waals surface area contributed by atoms with E-state index in [1.54, 1.807) is 6.92 Å². The third kappa shape index (κ3) is 3.81. The van der Waals surface area contributed by atoms with E-state index in [1.807, 2.05) is 0 Å². The van der Waals surface area contributed by atoms with E-state index in [1.165, 1.54) is 30.5 Å². The van der Waals surface area contributed by atoms with E-state index < -0.39 is 21.8 Å². The molecule has 0 aliphatic heterocycles. The molecule has 1 aromatic heterocycles. The minimum atomic E-state index is -4.67. The van der Waals surface area contributed by atoms with Crippen molar-refractivity contribution in [2.24, 2.45) is 4.36 Å². The second-order valence-corrected chi connectivity index (χ2v) is 6.99. The molecule has 2 aromatic rings. The van der Waals surface area contributed by atoms with Crippen LogP contribution < -0.4 is 0 Å². The minimum Gasteiger partial charge on any atom is -0.329 e. The van der Waals surface area contributed by atoms with Gasteiger partial charge in [0.1, 0.15) is 0 Å². The van der Waals surface area contributed by atoms with Crippen molar-refractivity contribution < 1.29 is 21.9 Å². The van der Waals surface area contributed by atoms with Gasteiger partial charge >= 0.3 is 12.1 Å². The smallest absolute Gasteiger partial charge is 0.329 e. The Kier molecular flexibility index (Phi) is 4.04. The molecule has 0 fully saturated rings. The minimum absolute atomic E-state index is 0.165. The lowest BCUT2D eigenvalue weighted by Crippen LogP contribution is -2.04. The number of hydrogen-bond donors (Lipinski definition) is 0. The monoisotopic (exact) mass is 319 g/mol. The lowest BCUT2D eigenvalue weighted by atomic mass is 10.2. The van der Waals surface area contributed by atoms with Crippen LogP contribution in [0.3, 0.4) is 0 Å². The van der Waals surface area contributed by atoms with Crippen LogP contribution in [0.2, 0.25) is 0 Å². The van der Waals surface area contributed by atoms with Crippen molar-refractivity contribution >= 4 is 15.4 Å². The van der Waals surface area contributed by atoms with Gasteiger partial charge in [-0.05, 0) is 24.3 Å². The van der Waals surface area contributed by atoms with Crippen molar-refractivity contribution in [3.8, 4) is 11.4 Å². The lowest BCUT2D eigenvalue weighted by Gasteiger charge is -2.00. The molecular weight excluding hydrogens is 307 g/mol. The second-order valence-electron chi connectivity index (χ2n) is 4.31. The predicted octanol–water partition coefficient (Wildman–Crippen LogP) is 3.50. The average molecular weight is 319 g/mol. The van der Waals surface area contributed by atoms with E-state index in [2.05, 4.69) is 19.0 Å². The number of alkyl halides is 3. The van der Waals surface area contributed by atoms with Crippen molar-refractivity contribution in [1.29, 1.82) is 0 Å². The third-order valence-corrected chi connectivity index (χ3v) is 4.30. The highest BCUT2D eigenvalue weighted by atomic mass is 32.2. The van der Waals surface area contributed by atoms with Crippen molar-refractivity contribution in [2.45, 2.75) is 13.1 Å². The van der Waals surface area contributed by atoms with Gasteiger partial charge in [0, 0.05) is 27.3 Å². The van der Waals surface area contributed by atoms with E-state index in [0.29, 0.717) is 17.0 Å². The molecule has 0 saturated heterocycles. The molecule has 0 amide bonds. The summed E-state index contributed by atoms with van der Waals surface area (Å²) in [5, 5.41) is 3.28. The molecule has 1 heterocycles. The van der Waals surface area contributed by atoms with Crippen molar-refractivity contribution in [3.63, 3.8) is 0 Å². The highest BCUT2D eigenvalue weighted by molar-refractivity contribution is 7.93. The molecule has 0 saturated carbocycles. The first-order chi connectivity index (χ1) is 9.71. The van der Waals surface area contributed by atoms with Crippen molar-refractivity contribution in [1.82, 2.24) is 10.1 Å². The Labute approximate surface area is 119 Å².